The average Bonchev–Trinajstić information content (AvgIpc) is 3.76. The van der Waals surface area contributed by atoms with Crippen LogP contribution in [0, 0.1) is 5.92 Å². The molecule has 0 aromatic heterocycles. The Morgan fingerprint density at radius 1 is 0.608 bits per heavy atom. The molecule has 0 radical (unpaired) electrons. The zero-order valence-corrected chi connectivity index (χ0v) is 32.0. The van der Waals surface area contributed by atoms with Crippen LogP contribution in [-0.2, 0) is 0 Å². The van der Waals surface area contributed by atoms with Crippen LogP contribution in [0.4, 0.5) is 21.0 Å². The molecule has 5 aromatic rings. The van der Waals surface area contributed by atoms with Gasteiger partial charge in [-0.25, -0.2) is 19.6 Å². The van der Waals surface area contributed by atoms with Gasteiger partial charge in [0.15, 0.2) is 0 Å². The summed E-state index contributed by atoms with van der Waals surface area (Å²) < 4.78 is 1.92. The van der Waals surface area contributed by atoms with E-state index in [4.69, 9.17) is 23.2 Å². The average molecular weight is 847 g/mol. The van der Waals surface area contributed by atoms with Gasteiger partial charge in [-0.15, -0.1) is 0 Å². The molecule has 0 saturated heterocycles. The highest BCUT2D eigenvalue weighted by Gasteiger charge is 2.32. The van der Waals surface area contributed by atoms with Crippen molar-refractivity contribution in [2.45, 2.75) is 12.8 Å². The number of rotatable bonds is 5. The Kier molecular flexibility index (Phi) is 11.9. The van der Waals surface area contributed by atoms with Crippen molar-refractivity contribution in [3.05, 3.63) is 163 Å². The molecule has 2 unspecified atom stereocenters. The quantitative estimate of drug-likeness (QED) is 0.184. The summed E-state index contributed by atoms with van der Waals surface area (Å²) in [5.74, 6) is 0.171. The van der Waals surface area contributed by atoms with Gasteiger partial charge in [0.25, 0.3) is 0 Å². The van der Waals surface area contributed by atoms with E-state index in [1.54, 1.807) is 0 Å². The maximum absolute atomic E-state index is 12.8. The molecule has 12 heteroatoms. The molecule has 0 bridgehead atoms. The number of carbonyl (C=O) groups is 2. The monoisotopic (exact) mass is 844 g/mol. The number of nitrogens with zero attached hydrogens (tertiary/aromatic N) is 4. The second-order valence-corrected chi connectivity index (χ2v) is 14.6. The fourth-order valence-corrected chi connectivity index (χ4v) is 6.39. The molecule has 258 valence electrons. The molecule has 2 atom stereocenters. The second kappa shape index (κ2) is 16.7. The lowest BCUT2D eigenvalue weighted by atomic mass is 9.91. The summed E-state index contributed by atoms with van der Waals surface area (Å²) in [5.41, 5.74) is 6.27. The van der Waals surface area contributed by atoms with Crippen LogP contribution >= 0.6 is 55.1 Å². The van der Waals surface area contributed by atoms with E-state index in [9.17, 15) is 9.59 Å². The van der Waals surface area contributed by atoms with Gasteiger partial charge in [0, 0.05) is 42.2 Å². The number of halogens is 4. The lowest BCUT2D eigenvalue weighted by Gasteiger charge is -2.16. The summed E-state index contributed by atoms with van der Waals surface area (Å²) in [6, 6.07) is 39.6. The maximum Gasteiger partial charge on any atom is 0.342 e. The zero-order chi connectivity index (χ0) is 35.9. The topological polar surface area (TPSA) is 89.4 Å². The number of carbonyl (C=O) groups excluding carboxylic acids is 2. The van der Waals surface area contributed by atoms with E-state index in [0.717, 1.165) is 48.4 Å². The molecule has 4 amide bonds. The molecule has 0 spiro atoms. The summed E-state index contributed by atoms with van der Waals surface area (Å²) in [6.07, 6.45) is 0. The van der Waals surface area contributed by atoms with Crippen molar-refractivity contribution in [3.63, 3.8) is 0 Å². The maximum atomic E-state index is 12.8. The van der Waals surface area contributed by atoms with Crippen molar-refractivity contribution in [1.82, 2.24) is 10.0 Å². The summed E-state index contributed by atoms with van der Waals surface area (Å²) in [5, 5.41) is 19.2. The first-order valence-corrected chi connectivity index (χ1v) is 18.4. The summed E-state index contributed by atoms with van der Waals surface area (Å²) in [4.78, 5) is 25.1. The van der Waals surface area contributed by atoms with Crippen LogP contribution in [0.2, 0.25) is 10.0 Å². The Labute approximate surface area is 323 Å². The van der Waals surface area contributed by atoms with E-state index in [1.807, 2.05) is 115 Å². The van der Waals surface area contributed by atoms with Gasteiger partial charge in [-0.1, -0.05) is 117 Å². The molecule has 51 heavy (non-hydrogen) atoms. The van der Waals surface area contributed by atoms with E-state index < -0.39 is 0 Å². The van der Waals surface area contributed by atoms with Crippen LogP contribution in [0.1, 0.15) is 29.5 Å². The third-order valence-electron chi connectivity index (χ3n) is 8.20. The van der Waals surface area contributed by atoms with Gasteiger partial charge in [0.1, 0.15) is 0 Å². The predicted molar refractivity (Wildman–Crippen MR) is 214 cm³/mol. The molecule has 2 N–H and O–H groups in total. The Hall–Kier alpha value is -4.48. The molecular weight excluding hydrogens is 815 g/mol. The van der Waals surface area contributed by atoms with Crippen LogP contribution in [0.3, 0.4) is 0 Å². The van der Waals surface area contributed by atoms with Gasteiger partial charge >= 0.3 is 12.1 Å². The predicted octanol–water partition coefficient (Wildman–Crippen LogP) is 11.1. The Morgan fingerprint density at radius 3 is 1.53 bits per heavy atom. The van der Waals surface area contributed by atoms with Crippen LogP contribution in [0.5, 0.6) is 0 Å². The number of hydrogen-bond donors (Lipinski definition) is 2. The molecule has 0 fully saturated rings. The van der Waals surface area contributed by atoms with Crippen molar-refractivity contribution >= 4 is 89.9 Å². The van der Waals surface area contributed by atoms with Gasteiger partial charge in [-0.2, -0.15) is 10.2 Å². The minimum absolute atomic E-state index is 0.00181. The third-order valence-corrected chi connectivity index (χ3v) is 9.76. The second-order valence-electron chi connectivity index (χ2n) is 11.9. The molecule has 2 aliphatic rings. The molecular formula is C39H32Br2Cl2N6O2. The van der Waals surface area contributed by atoms with Crippen molar-refractivity contribution in [3.8, 4) is 0 Å². The molecule has 7 rings (SSSR count). The first kappa shape index (κ1) is 36.3. The fourth-order valence-electron chi connectivity index (χ4n) is 5.61. The highest BCUT2D eigenvalue weighted by molar-refractivity contribution is 9.10. The highest BCUT2D eigenvalue weighted by Crippen LogP contribution is 2.30. The molecule has 2 heterocycles. The Bertz CT molecular complexity index is 2040. The van der Waals surface area contributed by atoms with Crippen molar-refractivity contribution in [2.75, 3.05) is 23.7 Å². The number of amides is 4. The van der Waals surface area contributed by atoms with Crippen molar-refractivity contribution in [1.29, 1.82) is 0 Å². The zero-order valence-electron chi connectivity index (χ0n) is 27.3. The molecule has 5 aromatic carbocycles. The normalized spacial score (nSPS) is 16.5. The number of urea groups is 2. The minimum atomic E-state index is -0.257. The van der Waals surface area contributed by atoms with E-state index >= 15 is 0 Å². The van der Waals surface area contributed by atoms with Crippen LogP contribution in [-0.4, -0.2) is 46.6 Å². The van der Waals surface area contributed by atoms with Crippen molar-refractivity contribution < 1.29 is 9.59 Å². The van der Waals surface area contributed by atoms with E-state index in [-0.39, 0.29) is 23.9 Å². The summed E-state index contributed by atoms with van der Waals surface area (Å²) in [7, 11) is 0. The van der Waals surface area contributed by atoms with E-state index in [1.165, 1.54) is 10.0 Å². The fraction of sp³-hybridized carbons (Fsp3) is 0.128. The molecule has 8 nitrogen and oxygen atoms in total. The lowest BCUT2D eigenvalue weighted by Crippen LogP contribution is -2.30. The summed E-state index contributed by atoms with van der Waals surface area (Å²) in [6.45, 7) is 3.09. The smallest absolute Gasteiger partial charge is 0.306 e. The first-order valence-electron chi connectivity index (χ1n) is 16.0. The number of hydrogen-bond acceptors (Lipinski definition) is 4. The number of hydrazone groups is 2. The Balaban J connectivity index is 0.000000179. The van der Waals surface area contributed by atoms with Crippen LogP contribution in [0.15, 0.2) is 147 Å². The Morgan fingerprint density at radius 2 is 1.04 bits per heavy atom. The standard InChI is InChI=1S/C22H17BrClN3O.C17H15BrClN3O/c23-17-8-12-19(13-9-17)25-22(28)27-14-20(15-4-2-1-3-5-15)21(26-27)16-6-10-18(24)11-7-16;1-11-10-22(17(23)20-15-8-4-13(18)5-9-15)21-16(11)12-2-6-14(19)7-3-12/h1-13,20H,14H2,(H,25,28);2-9,11H,10H2,1H3,(H,20,23). The first-order chi connectivity index (χ1) is 24.6. The van der Waals surface area contributed by atoms with E-state index in [2.05, 4.69) is 71.8 Å². The van der Waals surface area contributed by atoms with Gasteiger partial charge in [0.2, 0.25) is 0 Å². The highest BCUT2D eigenvalue weighted by atomic mass is 79.9. The number of nitrogens with one attached hydrogen (secondary N) is 2. The minimum Gasteiger partial charge on any atom is -0.306 e. The van der Waals surface area contributed by atoms with Gasteiger partial charge in [-0.3, -0.25) is 0 Å². The van der Waals surface area contributed by atoms with Gasteiger partial charge < -0.3 is 10.6 Å². The SMILES string of the molecule is CC1CN(C(=O)Nc2ccc(Br)cc2)N=C1c1ccc(Cl)cc1.O=C(Nc1ccc(Br)cc1)N1CC(c2ccccc2)C(c2ccc(Cl)cc2)=N1. The van der Waals surface area contributed by atoms with E-state index in [0.29, 0.717) is 23.1 Å². The van der Waals surface area contributed by atoms with Gasteiger partial charge in [0.05, 0.1) is 24.5 Å². The molecule has 2 aliphatic heterocycles. The molecule has 0 aliphatic carbocycles. The number of benzene rings is 5. The van der Waals surface area contributed by atoms with Crippen molar-refractivity contribution in [2.24, 2.45) is 16.1 Å². The van der Waals surface area contributed by atoms with Crippen LogP contribution < -0.4 is 10.6 Å². The van der Waals surface area contributed by atoms with Gasteiger partial charge in [-0.05, 0) is 89.5 Å². The largest absolute Gasteiger partial charge is 0.342 e. The third kappa shape index (κ3) is 9.45. The number of anilines is 2. The van der Waals surface area contributed by atoms with Crippen LogP contribution in [0.25, 0.3) is 0 Å². The summed E-state index contributed by atoms with van der Waals surface area (Å²) >= 11 is 18.7. The lowest BCUT2D eigenvalue weighted by molar-refractivity contribution is 0.216. The molecule has 0 saturated carbocycles.